The van der Waals surface area contributed by atoms with E-state index in [0.29, 0.717) is 32.1 Å². The number of ether oxygens (including phenoxy) is 3. The number of esters is 1. The van der Waals surface area contributed by atoms with E-state index in [-0.39, 0.29) is 17.4 Å². The normalized spacial score (nSPS) is 18.0. The number of hydrogen-bond donors (Lipinski definition) is 1. The van der Waals surface area contributed by atoms with Crippen molar-refractivity contribution in [2.24, 2.45) is 0 Å². The Bertz CT molecular complexity index is 527. The Morgan fingerprint density at radius 2 is 2.33 bits per heavy atom. The van der Waals surface area contributed by atoms with Crippen LogP contribution in [0.15, 0.2) is 18.2 Å². The molecule has 0 radical (unpaired) electrons. The Morgan fingerprint density at radius 1 is 1.52 bits per heavy atom. The predicted octanol–water partition coefficient (Wildman–Crippen LogP) is 1.21. The molecule has 0 unspecified atom stereocenters. The largest absolute Gasteiger partial charge is 0.465 e. The number of nitro benzene ring substituents is 1. The molecule has 0 aliphatic carbocycles. The van der Waals surface area contributed by atoms with Crippen LogP contribution in [-0.4, -0.2) is 50.5 Å². The number of rotatable bonds is 5. The molecule has 1 saturated heterocycles. The zero-order chi connectivity index (χ0) is 15.2. The van der Waals surface area contributed by atoms with E-state index in [1.807, 2.05) is 0 Å². The molecule has 8 heteroatoms. The third kappa shape index (κ3) is 3.89. The number of nitro groups is 1. The number of hydrogen-bond acceptors (Lipinski definition) is 7. The number of non-ortho nitro benzene ring substituents is 1. The predicted molar refractivity (Wildman–Crippen MR) is 73.5 cm³/mol. The minimum Gasteiger partial charge on any atom is -0.465 e. The molecule has 1 aliphatic heterocycles. The lowest BCUT2D eigenvalue weighted by Crippen LogP contribution is -2.34. The number of methoxy groups -OCH3 is 1. The smallest absolute Gasteiger partial charge is 0.340 e. The SMILES string of the molecule is COC(=O)c1cc([N+](=O)[O-])ccc1NC[C@@H]1COCCO1. The molecule has 114 valence electrons. The minimum absolute atomic E-state index is 0.114. The van der Waals surface area contributed by atoms with Crippen LogP contribution >= 0.6 is 0 Å². The van der Waals surface area contributed by atoms with E-state index in [1.54, 1.807) is 0 Å². The molecule has 1 aromatic carbocycles. The van der Waals surface area contributed by atoms with Crippen molar-refractivity contribution in [2.75, 3.05) is 38.8 Å². The monoisotopic (exact) mass is 296 g/mol. The van der Waals surface area contributed by atoms with Gasteiger partial charge in [-0.15, -0.1) is 0 Å². The van der Waals surface area contributed by atoms with Gasteiger partial charge in [0.2, 0.25) is 0 Å². The van der Waals surface area contributed by atoms with Crippen molar-refractivity contribution in [1.29, 1.82) is 0 Å². The molecule has 1 heterocycles. The summed E-state index contributed by atoms with van der Waals surface area (Å²) >= 11 is 0. The van der Waals surface area contributed by atoms with Gasteiger partial charge in [-0.05, 0) is 6.07 Å². The van der Waals surface area contributed by atoms with Crippen LogP contribution in [0.1, 0.15) is 10.4 Å². The number of carbonyl (C=O) groups is 1. The Labute approximate surface area is 121 Å². The number of nitrogens with zero attached hydrogens (tertiary/aromatic N) is 1. The van der Waals surface area contributed by atoms with Crippen LogP contribution in [0.2, 0.25) is 0 Å². The molecule has 0 bridgehead atoms. The Kier molecular flexibility index (Phi) is 5.07. The average molecular weight is 296 g/mol. The first-order chi connectivity index (χ1) is 10.1. The van der Waals surface area contributed by atoms with E-state index in [9.17, 15) is 14.9 Å². The Morgan fingerprint density at radius 3 is 2.95 bits per heavy atom. The molecule has 1 aromatic rings. The van der Waals surface area contributed by atoms with Gasteiger partial charge in [0.1, 0.15) is 0 Å². The maximum absolute atomic E-state index is 11.7. The van der Waals surface area contributed by atoms with Crippen LogP contribution in [0.25, 0.3) is 0 Å². The fraction of sp³-hybridized carbons (Fsp3) is 0.462. The van der Waals surface area contributed by atoms with Gasteiger partial charge < -0.3 is 19.5 Å². The molecule has 0 aromatic heterocycles. The maximum atomic E-state index is 11.7. The second-order valence-electron chi connectivity index (χ2n) is 4.43. The number of anilines is 1. The number of benzene rings is 1. The number of nitrogens with one attached hydrogen (secondary N) is 1. The van der Waals surface area contributed by atoms with Gasteiger partial charge in [-0.2, -0.15) is 0 Å². The highest BCUT2D eigenvalue weighted by atomic mass is 16.6. The first kappa shape index (κ1) is 15.2. The summed E-state index contributed by atoms with van der Waals surface area (Å²) in [6.07, 6.45) is -0.126. The highest BCUT2D eigenvalue weighted by Gasteiger charge is 2.19. The van der Waals surface area contributed by atoms with Gasteiger partial charge in [0, 0.05) is 24.4 Å². The maximum Gasteiger partial charge on any atom is 0.340 e. The molecule has 0 saturated carbocycles. The second kappa shape index (κ2) is 7.00. The van der Waals surface area contributed by atoms with Crippen LogP contribution in [0.5, 0.6) is 0 Å². The summed E-state index contributed by atoms with van der Waals surface area (Å²) in [6.45, 7) is 1.99. The van der Waals surface area contributed by atoms with Crippen molar-refractivity contribution in [3.05, 3.63) is 33.9 Å². The zero-order valence-electron chi connectivity index (χ0n) is 11.5. The third-order valence-corrected chi connectivity index (χ3v) is 3.02. The molecule has 1 atom stereocenters. The van der Waals surface area contributed by atoms with Crippen LogP contribution in [0.3, 0.4) is 0 Å². The van der Waals surface area contributed by atoms with Crippen LogP contribution < -0.4 is 5.32 Å². The summed E-state index contributed by atoms with van der Waals surface area (Å²) in [4.78, 5) is 21.9. The highest BCUT2D eigenvalue weighted by Crippen LogP contribution is 2.23. The van der Waals surface area contributed by atoms with Gasteiger partial charge >= 0.3 is 5.97 Å². The van der Waals surface area contributed by atoms with Gasteiger partial charge in [0.25, 0.3) is 5.69 Å². The van der Waals surface area contributed by atoms with Crippen molar-refractivity contribution < 1.29 is 23.9 Å². The van der Waals surface area contributed by atoms with Crippen LogP contribution in [-0.2, 0) is 14.2 Å². The van der Waals surface area contributed by atoms with Crippen LogP contribution in [0, 0.1) is 10.1 Å². The Hall–Kier alpha value is -2.19. The fourth-order valence-corrected chi connectivity index (χ4v) is 1.96. The molecule has 1 aliphatic rings. The van der Waals surface area contributed by atoms with E-state index < -0.39 is 10.9 Å². The second-order valence-corrected chi connectivity index (χ2v) is 4.43. The lowest BCUT2D eigenvalue weighted by Gasteiger charge is -2.23. The van der Waals surface area contributed by atoms with Crippen molar-refractivity contribution in [3.63, 3.8) is 0 Å². The molecule has 1 N–H and O–H groups in total. The van der Waals surface area contributed by atoms with Gasteiger partial charge in [0.15, 0.2) is 0 Å². The standard InChI is InChI=1S/C13H16N2O6/c1-19-13(16)11-6-9(15(17)18)2-3-12(11)14-7-10-8-20-4-5-21-10/h2-3,6,10,14H,4-5,7-8H2,1H3/t10-/m1/s1. The third-order valence-electron chi connectivity index (χ3n) is 3.02. The molecule has 1 fully saturated rings. The molecule has 2 rings (SSSR count). The van der Waals surface area contributed by atoms with Crippen molar-refractivity contribution in [1.82, 2.24) is 0 Å². The van der Waals surface area contributed by atoms with Gasteiger partial charge in [-0.1, -0.05) is 0 Å². The van der Waals surface area contributed by atoms with E-state index in [1.165, 1.54) is 25.3 Å². The van der Waals surface area contributed by atoms with E-state index in [0.717, 1.165) is 0 Å². The highest BCUT2D eigenvalue weighted by molar-refractivity contribution is 5.96. The fourth-order valence-electron chi connectivity index (χ4n) is 1.96. The molecule has 0 spiro atoms. The van der Waals surface area contributed by atoms with E-state index in [2.05, 4.69) is 10.1 Å². The molecular weight excluding hydrogens is 280 g/mol. The zero-order valence-corrected chi connectivity index (χ0v) is 11.5. The topological polar surface area (TPSA) is 99.9 Å². The lowest BCUT2D eigenvalue weighted by molar-refractivity contribution is -0.384. The average Bonchev–Trinajstić information content (AvgIpc) is 2.52. The summed E-state index contributed by atoms with van der Waals surface area (Å²) in [7, 11) is 1.23. The quantitative estimate of drug-likeness (QED) is 0.495. The van der Waals surface area contributed by atoms with Crippen molar-refractivity contribution >= 4 is 17.3 Å². The summed E-state index contributed by atoms with van der Waals surface area (Å²) < 4.78 is 15.4. The molecule has 8 nitrogen and oxygen atoms in total. The summed E-state index contributed by atoms with van der Waals surface area (Å²) in [5.74, 6) is -0.637. The summed E-state index contributed by atoms with van der Waals surface area (Å²) in [6, 6.07) is 3.99. The molecule has 21 heavy (non-hydrogen) atoms. The Balaban J connectivity index is 2.13. The number of carbonyl (C=O) groups excluding carboxylic acids is 1. The van der Waals surface area contributed by atoms with Gasteiger partial charge in [-0.25, -0.2) is 4.79 Å². The molecule has 0 amide bonds. The van der Waals surface area contributed by atoms with E-state index >= 15 is 0 Å². The van der Waals surface area contributed by atoms with Gasteiger partial charge in [-0.3, -0.25) is 10.1 Å². The van der Waals surface area contributed by atoms with Gasteiger partial charge in [0.05, 0.1) is 43.5 Å². The first-order valence-electron chi connectivity index (χ1n) is 6.42. The van der Waals surface area contributed by atoms with Crippen molar-refractivity contribution in [3.8, 4) is 0 Å². The lowest BCUT2D eigenvalue weighted by atomic mass is 10.1. The summed E-state index contributed by atoms with van der Waals surface area (Å²) in [5, 5.41) is 13.8. The van der Waals surface area contributed by atoms with E-state index in [4.69, 9.17) is 9.47 Å². The van der Waals surface area contributed by atoms with Crippen molar-refractivity contribution in [2.45, 2.75) is 6.10 Å². The minimum atomic E-state index is -0.637. The molecular formula is C13H16N2O6. The first-order valence-corrected chi connectivity index (χ1v) is 6.42. The van der Waals surface area contributed by atoms with Crippen LogP contribution in [0.4, 0.5) is 11.4 Å². The summed E-state index contributed by atoms with van der Waals surface area (Å²) in [5.41, 5.74) is 0.406.